The Morgan fingerprint density at radius 3 is 2.80 bits per heavy atom. The Kier molecular flexibility index (Phi) is 4.51. The van der Waals surface area contributed by atoms with Gasteiger partial charge in [-0.15, -0.1) is 0 Å². The van der Waals surface area contributed by atoms with Gasteiger partial charge in [-0.2, -0.15) is 0 Å². The van der Waals surface area contributed by atoms with Crippen LogP contribution in [0.2, 0.25) is 0 Å². The number of nitrogens with zero attached hydrogens (tertiary/aromatic N) is 2. The number of imidazole rings is 1. The molecule has 0 saturated heterocycles. The highest BCUT2D eigenvalue weighted by molar-refractivity contribution is 5.94. The average Bonchev–Trinajstić information content (AvgIpc) is 3.06. The SMILES string of the molecule is O=C(NC1CCCCC1)c1cccc(Cn2cnc3ccccc32)c1. The third-order valence-electron chi connectivity index (χ3n) is 5.01. The van der Waals surface area contributed by atoms with E-state index >= 15 is 0 Å². The number of carbonyl (C=O) groups is 1. The number of benzene rings is 2. The van der Waals surface area contributed by atoms with E-state index in [1.807, 2.05) is 42.7 Å². The Balaban J connectivity index is 1.50. The van der Waals surface area contributed by atoms with Crippen molar-refractivity contribution in [3.05, 3.63) is 66.0 Å². The Morgan fingerprint density at radius 1 is 1.08 bits per heavy atom. The number of rotatable bonds is 4. The molecule has 1 heterocycles. The largest absolute Gasteiger partial charge is 0.349 e. The van der Waals surface area contributed by atoms with E-state index in [4.69, 9.17) is 0 Å². The highest BCUT2D eigenvalue weighted by Crippen LogP contribution is 2.18. The number of para-hydroxylation sites is 2. The van der Waals surface area contributed by atoms with Crippen LogP contribution in [-0.2, 0) is 6.54 Å². The van der Waals surface area contributed by atoms with E-state index in [2.05, 4.69) is 27.0 Å². The second-order valence-corrected chi connectivity index (χ2v) is 6.87. The maximum atomic E-state index is 12.5. The lowest BCUT2D eigenvalue weighted by molar-refractivity contribution is 0.0927. The Labute approximate surface area is 147 Å². The zero-order chi connectivity index (χ0) is 17.1. The Morgan fingerprint density at radius 2 is 1.92 bits per heavy atom. The fourth-order valence-corrected chi connectivity index (χ4v) is 3.66. The molecule has 0 bridgehead atoms. The van der Waals surface area contributed by atoms with Crippen LogP contribution in [0.15, 0.2) is 54.9 Å². The number of fused-ring (bicyclic) bond motifs is 1. The van der Waals surface area contributed by atoms with Gasteiger partial charge in [0.2, 0.25) is 0 Å². The van der Waals surface area contributed by atoms with Crippen LogP contribution < -0.4 is 5.32 Å². The first-order chi connectivity index (χ1) is 12.3. The summed E-state index contributed by atoms with van der Waals surface area (Å²) >= 11 is 0. The van der Waals surface area contributed by atoms with Crippen LogP contribution in [0.1, 0.15) is 48.0 Å². The van der Waals surface area contributed by atoms with Crippen molar-refractivity contribution in [3.8, 4) is 0 Å². The summed E-state index contributed by atoms with van der Waals surface area (Å²) in [4.78, 5) is 17.0. The molecule has 1 amide bonds. The van der Waals surface area contributed by atoms with Gasteiger partial charge in [0.25, 0.3) is 5.91 Å². The summed E-state index contributed by atoms with van der Waals surface area (Å²) in [6, 6.07) is 16.4. The third kappa shape index (κ3) is 3.58. The summed E-state index contributed by atoms with van der Waals surface area (Å²) in [5, 5.41) is 3.19. The molecule has 1 aromatic heterocycles. The molecule has 0 aliphatic heterocycles. The van der Waals surface area contributed by atoms with Crippen molar-refractivity contribution in [2.75, 3.05) is 0 Å². The standard InChI is InChI=1S/C21H23N3O/c25-21(23-18-9-2-1-3-10-18)17-8-6-7-16(13-17)14-24-15-22-19-11-4-5-12-20(19)24/h4-8,11-13,15,18H,1-3,9-10,14H2,(H,23,25). The summed E-state index contributed by atoms with van der Waals surface area (Å²) in [5.41, 5.74) is 3.96. The van der Waals surface area contributed by atoms with E-state index in [1.54, 1.807) is 0 Å². The van der Waals surface area contributed by atoms with Gasteiger partial charge in [-0.25, -0.2) is 4.98 Å². The average molecular weight is 333 g/mol. The zero-order valence-electron chi connectivity index (χ0n) is 14.3. The predicted octanol–water partition coefficient (Wildman–Crippen LogP) is 4.15. The van der Waals surface area contributed by atoms with Crippen LogP contribution in [-0.4, -0.2) is 21.5 Å². The van der Waals surface area contributed by atoms with Gasteiger partial charge in [0.05, 0.1) is 17.4 Å². The lowest BCUT2D eigenvalue weighted by Crippen LogP contribution is -2.36. The molecule has 1 saturated carbocycles. The van der Waals surface area contributed by atoms with Gasteiger partial charge in [-0.3, -0.25) is 4.79 Å². The summed E-state index contributed by atoms with van der Waals surface area (Å²) in [6.45, 7) is 0.713. The molecule has 0 unspecified atom stereocenters. The Hall–Kier alpha value is -2.62. The first kappa shape index (κ1) is 15.9. The fraction of sp³-hybridized carbons (Fsp3) is 0.333. The lowest BCUT2D eigenvalue weighted by atomic mass is 9.95. The first-order valence-electron chi connectivity index (χ1n) is 9.09. The summed E-state index contributed by atoms with van der Waals surface area (Å²) in [5.74, 6) is 0.0456. The van der Waals surface area contributed by atoms with E-state index in [-0.39, 0.29) is 5.91 Å². The van der Waals surface area contributed by atoms with Gasteiger partial charge < -0.3 is 9.88 Å². The van der Waals surface area contributed by atoms with E-state index in [0.29, 0.717) is 12.6 Å². The molecule has 2 aromatic carbocycles. The molecule has 128 valence electrons. The maximum absolute atomic E-state index is 12.5. The van der Waals surface area contributed by atoms with Crippen LogP contribution in [0.5, 0.6) is 0 Å². The molecule has 4 heteroatoms. The summed E-state index contributed by atoms with van der Waals surface area (Å²) < 4.78 is 2.12. The molecule has 1 N–H and O–H groups in total. The molecule has 25 heavy (non-hydrogen) atoms. The normalized spacial score (nSPS) is 15.4. The molecule has 1 aliphatic rings. The molecule has 1 aliphatic carbocycles. The van der Waals surface area contributed by atoms with Gasteiger partial charge in [0.15, 0.2) is 0 Å². The topological polar surface area (TPSA) is 46.9 Å². The van der Waals surface area contributed by atoms with Crippen LogP contribution in [0.25, 0.3) is 11.0 Å². The minimum atomic E-state index is 0.0456. The van der Waals surface area contributed by atoms with Gasteiger partial charge in [-0.05, 0) is 42.7 Å². The molecule has 4 nitrogen and oxygen atoms in total. The quantitative estimate of drug-likeness (QED) is 0.780. The number of amides is 1. The van der Waals surface area contributed by atoms with Crippen molar-refractivity contribution in [1.82, 2.24) is 14.9 Å². The van der Waals surface area contributed by atoms with E-state index in [9.17, 15) is 4.79 Å². The highest BCUT2D eigenvalue weighted by Gasteiger charge is 2.16. The maximum Gasteiger partial charge on any atom is 0.251 e. The van der Waals surface area contributed by atoms with E-state index in [1.165, 1.54) is 19.3 Å². The molecular weight excluding hydrogens is 310 g/mol. The number of aromatic nitrogens is 2. The van der Waals surface area contributed by atoms with Gasteiger partial charge in [-0.1, -0.05) is 43.5 Å². The minimum Gasteiger partial charge on any atom is -0.349 e. The van der Waals surface area contributed by atoms with E-state index < -0.39 is 0 Å². The van der Waals surface area contributed by atoms with Crippen molar-refractivity contribution in [3.63, 3.8) is 0 Å². The zero-order valence-corrected chi connectivity index (χ0v) is 14.3. The van der Waals surface area contributed by atoms with Crippen molar-refractivity contribution in [2.24, 2.45) is 0 Å². The number of nitrogens with one attached hydrogen (secondary N) is 1. The van der Waals surface area contributed by atoms with Crippen LogP contribution in [0, 0.1) is 0 Å². The molecule has 0 spiro atoms. The lowest BCUT2D eigenvalue weighted by Gasteiger charge is -2.22. The third-order valence-corrected chi connectivity index (χ3v) is 5.01. The van der Waals surface area contributed by atoms with Crippen LogP contribution in [0.3, 0.4) is 0 Å². The predicted molar refractivity (Wildman–Crippen MR) is 99.6 cm³/mol. The van der Waals surface area contributed by atoms with Crippen molar-refractivity contribution < 1.29 is 4.79 Å². The van der Waals surface area contributed by atoms with Crippen molar-refractivity contribution in [1.29, 1.82) is 0 Å². The molecule has 4 rings (SSSR count). The fourth-order valence-electron chi connectivity index (χ4n) is 3.66. The highest BCUT2D eigenvalue weighted by atomic mass is 16.1. The van der Waals surface area contributed by atoms with Crippen molar-refractivity contribution >= 4 is 16.9 Å². The van der Waals surface area contributed by atoms with Gasteiger partial charge in [0.1, 0.15) is 0 Å². The van der Waals surface area contributed by atoms with Gasteiger partial charge >= 0.3 is 0 Å². The molecule has 0 radical (unpaired) electrons. The van der Waals surface area contributed by atoms with E-state index in [0.717, 1.165) is 35.0 Å². The molecule has 3 aromatic rings. The number of hydrogen-bond donors (Lipinski definition) is 1. The first-order valence-corrected chi connectivity index (χ1v) is 9.09. The summed E-state index contributed by atoms with van der Waals surface area (Å²) in [7, 11) is 0. The smallest absolute Gasteiger partial charge is 0.251 e. The monoisotopic (exact) mass is 333 g/mol. The van der Waals surface area contributed by atoms with Crippen molar-refractivity contribution in [2.45, 2.75) is 44.7 Å². The number of hydrogen-bond acceptors (Lipinski definition) is 2. The Bertz CT molecular complexity index is 877. The van der Waals surface area contributed by atoms with Crippen LogP contribution >= 0.6 is 0 Å². The number of carbonyl (C=O) groups excluding carboxylic acids is 1. The minimum absolute atomic E-state index is 0.0456. The molecule has 0 atom stereocenters. The second-order valence-electron chi connectivity index (χ2n) is 6.87. The molecule has 1 fully saturated rings. The summed E-state index contributed by atoms with van der Waals surface area (Å²) in [6.07, 6.45) is 7.80. The van der Waals surface area contributed by atoms with Crippen LogP contribution in [0.4, 0.5) is 0 Å². The molecular formula is C21H23N3O. The van der Waals surface area contributed by atoms with Gasteiger partial charge in [0, 0.05) is 18.2 Å². The second kappa shape index (κ2) is 7.09.